The molecule has 1 fully saturated rings. The van der Waals surface area contributed by atoms with Crippen molar-refractivity contribution in [2.75, 3.05) is 0 Å². The first-order valence-corrected chi connectivity index (χ1v) is 6.11. The molecule has 3 heteroatoms. The van der Waals surface area contributed by atoms with Gasteiger partial charge in [0.05, 0.1) is 24.1 Å². The van der Waals surface area contributed by atoms with E-state index >= 15 is 0 Å². The van der Waals surface area contributed by atoms with Gasteiger partial charge in [0.2, 0.25) is 0 Å². The lowest BCUT2D eigenvalue weighted by atomic mass is 9.95. The van der Waals surface area contributed by atoms with Crippen molar-refractivity contribution in [2.24, 2.45) is 0 Å². The molecule has 1 aromatic rings. The fraction of sp³-hybridized carbons (Fsp3) is 0.750. The second kappa shape index (κ2) is 3.97. The van der Waals surface area contributed by atoms with Crippen molar-refractivity contribution < 1.29 is 4.74 Å². The minimum Gasteiger partial charge on any atom is -0.369 e. The maximum Gasteiger partial charge on any atom is 0.0995 e. The maximum atomic E-state index is 6.17. The molecule has 15 heavy (non-hydrogen) atoms. The number of nitrogens with zero attached hydrogens (tertiary/aromatic N) is 1. The molecule has 0 radical (unpaired) electrons. The third kappa shape index (κ3) is 1.81. The number of aromatic amines is 1. The molecular formula is C12H18N2O. The SMILES string of the molecule is c1n[nH]c2c1CCCC2OC1CCCC1. The quantitative estimate of drug-likeness (QED) is 0.808. The number of aromatic nitrogens is 2. The molecule has 0 aliphatic heterocycles. The Morgan fingerprint density at radius 2 is 2.07 bits per heavy atom. The Morgan fingerprint density at radius 1 is 1.20 bits per heavy atom. The fourth-order valence-electron chi connectivity index (χ4n) is 2.81. The largest absolute Gasteiger partial charge is 0.369 e. The second-order valence-electron chi connectivity index (χ2n) is 4.73. The van der Waals surface area contributed by atoms with E-state index in [1.54, 1.807) is 0 Å². The number of hydrogen-bond donors (Lipinski definition) is 1. The number of hydrogen-bond acceptors (Lipinski definition) is 2. The van der Waals surface area contributed by atoms with Gasteiger partial charge in [0.1, 0.15) is 0 Å². The van der Waals surface area contributed by atoms with Crippen molar-refractivity contribution in [3.63, 3.8) is 0 Å². The summed E-state index contributed by atoms with van der Waals surface area (Å²) < 4.78 is 6.17. The van der Waals surface area contributed by atoms with Crippen molar-refractivity contribution in [3.05, 3.63) is 17.5 Å². The van der Waals surface area contributed by atoms with E-state index in [2.05, 4.69) is 10.2 Å². The highest BCUT2D eigenvalue weighted by atomic mass is 16.5. The van der Waals surface area contributed by atoms with E-state index in [9.17, 15) is 0 Å². The van der Waals surface area contributed by atoms with Gasteiger partial charge in [0.25, 0.3) is 0 Å². The molecule has 0 spiro atoms. The molecule has 1 aromatic heterocycles. The molecule has 2 aliphatic rings. The number of fused-ring (bicyclic) bond motifs is 1. The predicted octanol–water partition coefficient (Wildman–Crippen LogP) is 2.75. The van der Waals surface area contributed by atoms with Crippen molar-refractivity contribution in [3.8, 4) is 0 Å². The zero-order chi connectivity index (χ0) is 10.1. The van der Waals surface area contributed by atoms with Crippen LogP contribution >= 0.6 is 0 Å². The number of H-pyrrole nitrogens is 1. The van der Waals surface area contributed by atoms with Crippen molar-refractivity contribution in [2.45, 2.75) is 57.2 Å². The summed E-state index contributed by atoms with van der Waals surface area (Å²) in [6.07, 6.45) is 11.5. The van der Waals surface area contributed by atoms with Gasteiger partial charge < -0.3 is 4.74 Å². The Hall–Kier alpha value is -0.830. The Bertz CT molecular complexity index is 328. The summed E-state index contributed by atoms with van der Waals surface area (Å²) in [6.45, 7) is 0. The van der Waals surface area contributed by atoms with E-state index in [0.717, 1.165) is 12.8 Å². The van der Waals surface area contributed by atoms with E-state index in [1.807, 2.05) is 6.20 Å². The van der Waals surface area contributed by atoms with E-state index in [4.69, 9.17) is 4.74 Å². The van der Waals surface area contributed by atoms with Crippen molar-refractivity contribution in [1.29, 1.82) is 0 Å². The van der Waals surface area contributed by atoms with Crippen LogP contribution in [0, 0.1) is 0 Å². The lowest BCUT2D eigenvalue weighted by Gasteiger charge is -2.25. The number of ether oxygens (including phenoxy) is 1. The van der Waals surface area contributed by atoms with Crippen LogP contribution in [0.5, 0.6) is 0 Å². The van der Waals surface area contributed by atoms with Crippen LogP contribution in [0.15, 0.2) is 6.20 Å². The molecule has 1 heterocycles. The Morgan fingerprint density at radius 3 is 2.93 bits per heavy atom. The predicted molar refractivity (Wildman–Crippen MR) is 57.6 cm³/mol. The average molecular weight is 206 g/mol. The average Bonchev–Trinajstić information content (AvgIpc) is 2.87. The molecule has 3 nitrogen and oxygen atoms in total. The summed E-state index contributed by atoms with van der Waals surface area (Å²) in [5.74, 6) is 0. The standard InChI is InChI=1S/C12H18N2O/c1-2-6-10(5-1)15-11-7-3-4-9-8-13-14-12(9)11/h8,10-11H,1-7H2,(H,13,14). The first-order chi connectivity index (χ1) is 7.43. The van der Waals surface area contributed by atoms with E-state index < -0.39 is 0 Å². The third-order valence-electron chi connectivity index (χ3n) is 3.64. The Kier molecular flexibility index (Phi) is 2.49. The van der Waals surface area contributed by atoms with E-state index in [0.29, 0.717) is 12.2 Å². The number of aryl methyl sites for hydroxylation is 1. The van der Waals surface area contributed by atoms with Gasteiger partial charge >= 0.3 is 0 Å². The van der Waals surface area contributed by atoms with Crippen LogP contribution in [0.4, 0.5) is 0 Å². The van der Waals surface area contributed by atoms with Gasteiger partial charge in [-0.15, -0.1) is 0 Å². The zero-order valence-electron chi connectivity index (χ0n) is 9.04. The first-order valence-electron chi connectivity index (χ1n) is 6.11. The zero-order valence-corrected chi connectivity index (χ0v) is 9.04. The monoisotopic (exact) mass is 206 g/mol. The molecule has 2 aliphatic carbocycles. The fourth-order valence-corrected chi connectivity index (χ4v) is 2.81. The highest BCUT2D eigenvalue weighted by Crippen LogP contribution is 2.34. The number of nitrogens with one attached hydrogen (secondary N) is 1. The van der Waals surface area contributed by atoms with Crippen LogP contribution in [0.3, 0.4) is 0 Å². The molecule has 0 bridgehead atoms. The van der Waals surface area contributed by atoms with E-state index in [-0.39, 0.29) is 0 Å². The molecular weight excluding hydrogens is 188 g/mol. The van der Waals surface area contributed by atoms with Gasteiger partial charge in [-0.1, -0.05) is 12.8 Å². The molecule has 0 aromatic carbocycles. The minimum atomic E-state index is 0.291. The Balaban J connectivity index is 1.72. The summed E-state index contributed by atoms with van der Waals surface area (Å²) in [5, 5.41) is 7.23. The van der Waals surface area contributed by atoms with Crippen molar-refractivity contribution >= 4 is 0 Å². The van der Waals surface area contributed by atoms with Crippen LogP contribution in [0.1, 0.15) is 55.9 Å². The molecule has 3 rings (SSSR count). The van der Waals surface area contributed by atoms with Crippen molar-refractivity contribution in [1.82, 2.24) is 10.2 Å². The molecule has 82 valence electrons. The number of rotatable bonds is 2. The first kappa shape index (κ1) is 9.40. The molecule has 1 N–H and O–H groups in total. The highest BCUT2D eigenvalue weighted by molar-refractivity contribution is 5.21. The van der Waals surface area contributed by atoms with Crippen LogP contribution in [0.25, 0.3) is 0 Å². The summed E-state index contributed by atoms with van der Waals surface area (Å²) in [7, 11) is 0. The smallest absolute Gasteiger partial charge is 0.0995 e. The minimum absolute atomic E-state index is 0.291. The molecule has 1 unspecified atom stereocenters. The van der Waals surface area contributed by atoms with Gasteiger partial charge in [0.15, 0.2) is 0 Å². The summed E-state index contributed by atoms with van der Waals surface area (Å²) >= 11 is 0. The summed E-state index contributed by atoms with van der Waals surface area (Å²) in [5.41, 5.74) is 2.61. The van der Waals surface area contributed by atoms with Gasteiger partial charge in [0, 0.05) is 0 Å². The topological polar surface area (TPSA) is 37.9 Å². The lowest BCUT2D eigenvalue weighted by molar-refractivity contribution is -0.0203. The Labute approximate surface area is 90.2 Å². The van der Waals surface area contributed by atoms with Crippen LogP contribution < -0.4 is 0 Å². The summed E-state index contributed by atoms with van der Waals surface area (Å²) in [4.78, 5) is 0. The molecule has 0 saturated heterocycles. The lowest BCUT2D eigenvalue weighted by Crippen LogP contribution is -2.18. The maximum absolute atomic E-state index is 6.17. The normalized spacial score (nSPS) is 26.8. The molecule has 1 atom stereocenters. The molecule has 0 amide bonds. The van der Waals surface area contributed by atoms with Crippen LogP contribution in [-0.2, 0) is 11.2 Å². The van der Waals surface area contributed by atoms with Crippen LogP contribution in [0.2, 0.25) is 0 Å². The molecule has 1 saturated carbocycles. The van der Waals surface area contributed by atoms with Gasteiger partial charge in [-0.05, 0) is 37.7 Å². The highest BCUT2D eigenvalue weighted by Gasteiger charge is 2.26. The second-order valence-corrected chi connectivity index (χ2v) is 4.73. The van der Waals surface area contributed by atoms with Crippen LogP contribution in [-0.4, -0.2) is 16.3 Å². The van der Waals surface area contributed by atoms with E-state index in [1.165, 1.54) is 43.4 Å². The van der Waals surface area contributed by atoms with Gasteiger partial charge in [-0.25, -0.2) is 0 Å². The third-order valence-corrected chi connectivity index (χ3v) is 3.64. The van der Waals surface area contributed by atoms with Gasteiger partial charge in [-0.2, -0.15) is 5.10 Å². The van der Waals surface area contributed by atoms with Gasteiger partial charge in [-0.3, -0.25) is 5.10 Å². The summed E-state index contributed by atoms with van der Waals surface area (Å²) in [6, 6.07) is 0.